The second-order valence-corrected chi connectivity index (χ2v) is 10.1. The number of halogens is 3. The summed E-state index contributed by atoms with van der Waals surface area (Å²) in [6, 6.07) is 8.52. The molecule has 0 aromatic heterocycles. The van der Waals surface area contributed by atoms with Crippen molar-refractivity contribution in [3.8, 4) is 11.5 Å². The van der Waals surface area contributed by atoms with Crippen LogP contribution < -0.4 is 14.8 Å². The molecule has 0 aliphatic carbocycles. The minimum absolute atomic E-state index is 0.224. The number of amides is 3. The van der Waals surface area contributed by atoms with Gasteiger partial charge in [0.15, 0.2) is 11.5 Å². The van der Waals surface area contributed by atoms with Gasteiger partial charge in [-0.2, -0.15) is 0 Å². The quantitative estimate of drug-likeness (QED) is 0.268. The van der Waals surface area contributed by atoms with Crippen LogP contribution in [0.1, 0.15) is 19.4 Å². The summed E-state index contributed by atoms with van der Waals surface area (Å²) in [7, 11) is 0. The summed E-state index contributed by atoms with van der Waals surface area (Å²) < 4.78 is 12.8. The predicted molar refractivity (Wildman–Crippen MR) is 142 cm³/mol. The Kier molecular flexibility index (Phi) is 9.08. The maximum absolute atomic E-state index is 12.8. The van der Waals surface area contributed by atoms with E-state index in [1.807, 2.05) is 19.9 Å². The SMILES string of the molecule is CCOc1cc(/C=C2/SC(=O)N(CC(=O)Nc3ccc(Br)c(Cl)c3)C2=O)cc(I)c1OCC. The first-order chi connectivity index (χ1) is 15.7. The summed E-state index contributed by atoms with van der Waals surface area (Å²) >= 11 is 12.2. The third kappa shape index (κ3) is 6.43. The van der Waals surface area contributed by atoms with Crippen molar-refractivity contribution < 1.29 is 23.9 Å². The molecule has 0 atom stereocenters. The van der Waals surface area contributed by atoms with Gasteiger partial charge in [0.25, 0.3) is 11.1 Å². The number of nitrogens with zero attached hydrogens (tertiary/aromatic N) is 1. The summed E-state index contributed by atoms with van der Waals surface area (Å²) in [4.78, 5) is 38.8. The molecule has 1 N–H and O–H groups in total. The fourth-order valence-electron chi connectivity index (χ4n) is 2.92. The molecule has 1 heterocycles. The molecule has 0 bridgehead atoms. The third-order valence-electron chi connectivity index (χ3n) is 4.30. The van der Waals surface area contributed by atoms with Crippen LogP contribution in [-0.2, 0) is 9.59 Å². The highest BCUT2D eigenvalue weighted by atomic mass is 127. The van der Waals surface area contributed by atoms with Crippen LogP contribution in [0.5, 0.6) is 11.5 Å². The largest absolute Gasteiger partial charge is 0.490 e. The Morgan fingerprint density at radius 3 is 2.61 bits per heavy atom. The van der Waals surface area contributed by atoms with Gasteiger partial charge in [-0.1, -0.05) is 11.6 Å². The van der Waals surface area contributed by atoms with Gasteiger partial charge in [0.2, 0.25) is 5.91 Å². The van der Waals surface area contributed by atoms with Crippen LogP contribution in [0.2, 0.25) is 5.02 Å². The monoisotopic (exact) mass is 664 g/mol. The smallest absolute Gasteiger partial charge is 0.294 e. The summed E-state index contributed by atoms with van der Waals surface area (Å²) in [5.74, 6) is 0.154. The topological polar surface area (TPSA) is 84.9 Å². The van der Waals surface area contributed by atoms with Crippen LogP contribution in [0.15, 0.2) is 39.7 Å². The van der Waals surface area contributed by atoms with Gasteiger partial charge in [0.1, 0.15) is 6.54 Å². The van der Waals surface area contributed by atoms with Crippen LogP contribution in [0, 0.1) is 3.57 Å². The Morgan fingerprint density at radius 1 is 1.21 bits per heavy atom. The molecule has 11 heteroatoms. The molecule has 0 spiro atoms. The zero-order valence-electron chi connectivity index (χ0n) is 17.6. The normalized spacial score (nSPS) is 14.7. The van der Waals surface area contributed by atoms with E-state index < -0.39 is 23.6 Å². The zero-order valence-corrected chi connectivity index (χ0v) is 22.9. The lowest BCUT2D eigenvalue weighted by Crippen LogP contribution is -2.36. The van der Waals surface area contributed by atoms with Crippen molar-refractivity contribution in [3.05, 3.63) is 53.9 Å². The molecule has 7 nitrogen and oxygen atoms in total. The van der Waals surface area contributed by atoms with E-state index in [9.17, 15) is 14.4 Å². The molecule has 0 unspecified atom stereocenters. The molecule has 3 rings (SSSR count). The highest BCUT2D eigenvalue weighted by Crippen LogP contribution is 2.37. The van der Waals surface area contributed by atoms with Crippen LogP contribution in [-0.4, -0.2) is 41.7 Å². The molecule has 174 valence electrons. The number of carbonyl (C=O) groups excluding carboxylic acids is 3. The van der Waals surface area contributed by atoms with Gasteiger partial charge in [-0.15, -0.1) is 0 Å². The maximum atomic E-state index is 12.8. The average molecular weight is 666 g/mol. The third-order valence-corrected chi connectivity index (χ3v) is 7.24. The maximum Gasteiger partial charge on any atom is 0.294 e. The summed E-state index contributed by atoms with van der Waals surface area (Å²) in [5.41, 5.74) is 1.15. The van der Waals surface area contributed by atoms with Gasteiger partial charge in [0.05, 0.1) is 26.7 Å². The first-order valence-electron chi connectivity index (χ1n) is 9.82. The molecular formula is C22H19BrClIN2O5S. The van der Waals surface area contributed by atoms with E-state index in [2.05, 4.69) is 43.8 Å². The highest BCUT2D eigenvalue weighted by molar-refractivity contribution is 14.1. The molecule has 3 amide bonds. The van der Waals surface area contributed by atoms with Crippen LogP contribution in [0.25, 0.3) is 6.08 Å². The molecule has 1 fully saturated rings. The number of anilines is 1. The van der Waals surface area contributed by atoms with Crippen molar-refractivity contribution >= 4 is 90.7 Å². The van der Waals surface area contributed by atoms with Gasteiger partial charge in [-0.05, 0) is 106 Å². The van der Waals surface area contributed by atoms with Gasteiger partial charge < -0.3 is 14.8 Å². The number of nitrogens with one attached hydrogen (secondary N) is 1. The number of imide groups is 1. The molecule has 1 aliphatic heterocycles. The minimum Gasteiger partial charge on any atom is -0.490 e. The average Bonchev–Trinajstić information content (AvgIpc) is 3.01. The second kappa shape index (κ2) is 11.6. The van der Waals surface area contributed by atoms with E-state index in [0.717, 1.165) is 20.2 Å². The van der Waals surface area contributed by atoms with Gasteiger partial charge in [-0.25, -0.2) is 0 Å². The van der Waals surface area contributed by atoms with Crippen molar-refractivity contribution in [2.75, 3.05) is 25.1 Å². The van der Waals surface area contributed by atoms with Crippen molar-refractivity contribution in [1.82, 2.24) is 4.90 Å². The van der Waals surface area contributed by atoms with Crippen LogP contribution >= 0.6 is 61.9 Å². The molecule has 2 aromatic rings. The van der Waals surface area contributed by atoms with E-state index in [4.69, 9.17) is 21.1 Å². The number of rotatable bonds is 8. The minimum atomic E-state index is -0.532. The van der Waals surface area contributed by atoms with Crippen molar-refractivity contribution in [1.29, 1.82) is 0 Å². The first-order valence-corrected chi connectivity index (χ1v) is 12.9. The van der Waals surface area contributed by atoms with E-state index in [1.165, 1.54) is 0 Å². The van der Waals surface area contributed by atoms with E-state index in [-0.39, 0.29) is 4.91 Å². The van der Waals surface area contributed by atoms with E-state index in [1.54, 1.807) is 30.3 Å². The molecule has 0 saturated carbocycles. The molecule has 0 radical (unpaired) electrons. The number of thioether (sulfide) groups is 1. The molecule has 33 heavy (non-hydrogen) atoms. The second-order valence-electron chi connectivity index (χ2n) is 6.64. The lowest BCUT2D eigenvalue weighted by molar-refractivity contribution is -0.127. The summed E-state index contributed by atoms with van der Waals surface area (Å²) in [6.07, 6.45) is 1.61. The fraction of sp³-hybridized carbons (Fsp3) is 0.227. The number of hydrogen-bond donors (Lipinski definition) is 1. The Labute approximate surface area is 222 Å². The molecule has 1 saturated heterocycles. The number of carbonyl (C=O) groups is 3. The van der Waals surface area contributed by atoms with Crippen molar-refractivity contribution in [3.63, 3.8) is 0 Å². The number of ether oxygens (including phenoxy) is 2. The molecule has 1 aliphatic rings. The standard InChI is InChI=1S/C22H19BrClIN2O5S/c1-3-31-17-8-12(7-16(25)20(17)32-4-2)9-18-21(29)27(22(30)33-18)11-19(28)26-13-5-6-14(23)15(24)10-13/h5-10H,3-4,11H2,1-2H3,(H,26,28)/b18-9+. The lowest BCUT2D eigenvalue weighted by atomic mass is 10.2. The number of hydrogen-bond acceptors (Lipinski definition) is 6. The molecule has 2 aromatic carbocycles. The summed E-state index contributed by atoms with van der Waals surface area (Å²) in [5, 5.41) is 2.56. The van der Waals surface area contributed by atoms with Crippen LogP contribution in [0.4, 0.5) is 10.5 Å². The van der Waals surface area contributed by atoms with Gasteiger partial charge in [-0.3, -0.25) is 19.3 Å². The summed E-state index contributed by atoms with van der Waals surface area (Å²) in [6.45, 7) is 4.30. The van der Waals surface area contributed by atoms with Crippen molar-refractivity contribution in [2.45, 2.75) is 13.8 Å². The van der Waals surface area contributed by atoms with Gasteiger partial charge >= 0.3 is 0 Å². The highest BCUT2D eigenvalue weighted by Gasteiger charge is 2.36. The predicted octanol–water partition coefficient (Wildman–Crippen LogP) is 6.18. The lowest BCUT2D eigenvalue weighted by Gasteiger charge is -2.14. The van der Waals surface area contributed by atoms with Crippen molar-refractivity contribution in [2.24, 2.45) is 0 Å². The Hall–Kier alpha value is -1.76. The Bertz CT molecular complexity index is 1140. The first kappa shape index (κ1) is 25.9. The Morgan fingerprint density at radius 2 is 1.94 bits per heavy atom. The number of benzene rings is 2. The van der Waals surface area contributed by atoms with E-state index in [0.29, 0.717) is 45.5 Å². The van der Waals surface area contributed by atoms with E-state index >= 15 is 0 Å². The fourth-order valence-corrected chi connectivity index (χ4v) is 4.97. The zero-order chi connectivity index (χ0) is 24.1. The van der Waals surface area contributed by atoms with Gasteiger partial charge in [0, 0.05) is 10.2 Å². The molecular weight excluding hydrogens is 647 g/mol. The van der Waals surface area contributed by atoms with Crippen LogP contribution in [0.3, 0.4) is 0 Å². The Balaban J connectivity index is 1.76.